The molecule has 0 spiro atoms. The Balaban J connectivity index is 1.99. The summed E-state index contributed by atoms with van der Waals surface area (Å²) >= 11 is 0. The van der Waals surface area contributed by atoms with Gasteiger partial charge in [0.15, 0.2) is 0 Å². The van der Waals surface area contributed by atoms with Crippen molar-refractivity contribution in [2.24, 2.45) is 0 Å². The second kappa shape index (κ2) is 8.34. The molecule has 1 saturated heterocycles. The van der Waals surface area contributed by atoms with E-state index in [0.29, 0.717) is 24.8 Å². The number of benzene rings is 2. The van der Waals surface area contributed by atoms with Crippen molar-refractivity contribution in [3.05, 3.63) is 53.6 Å². The van der Waals surface area contributed by atoms with Gasteiger partial charge in [-0.3, -0.25) is 4.72 Å². The first-order valence-corrected chi connectivity index (χ1v) is 10.5. The Morgan fingerprint density at radius 1 is 1.10 bits per heavy atom. The Labute approximate surface area is 167 Å². The minimum absolute atomic E-state index is 0.00138. The van der Waals surface area contributed by atoms with Gasteiger partial charge in [-0.1, -0.05) is 6.92 Å². The normalized spacial score (nSPS) is 15.3. The number of anilines is 2. The molecule has 0 radical (unpaired) electrons. The molecule has 2 N–H and O–H groups in total. The SMILES string of the molecule is CCN1CCN(c2ccc(C(=O)O)cc2NS(=O)(=O)c2cc(F)ccc2F)CC1. The maximum atomic E-state index is 14.0. The van der Waals surface area contributed by atoms with Gasteiger partial charge >= 0.3 is 5.97 Å². The molecule has 0 aliphatic carbocycles. The van der Waals surface area contributed by atoms with Crippen LogP contribution >= 0.6 is 0 Å². The van der Waals surface area contributed by atoms with Crippen LogP contribution in [0.1, 0.15) is 17.3 Å². The lowest BCUT2D eigenvalue weighted by molar-refractivity contribution is 0.0697. The van der Waals surface area contributed by atoms with Crippen molar-refractivity contribution < 1.29 is 27.1 Å². The molecule has 156 valence electrons. The van der Waals surface area contributed by atoms with Crippen LogP contribution in [0.15, 0.2) is 41.3 Å². The molecular weight excluding hydrogens is 404 g/mol. The molecule has 0 aromatic heterocycles. The van der Waals surface area contributed by atoms with E-state index in [-0.39, 0.29) is 11.3 Å². The van der Waals surface area contributed by atoms with Gasteiger partial charge in [0.2, 0.25) is 0 Å². The topological polar surface area (TPSA) is 89.9 Å². The quantitative estimate of drug-likeness (QED) is 0.740. The predicted octanol–water partition coefficient (Wildman–Crippen LogP) is 2.61. The van der Waals surface area contributed by atoms with Crippen LogP contribution in [-0.2, 0) is 10.0 Å². The average Bonchev–Trinajstić information content (AvgIpc) is 2.69. The zero-order valence-corrected chi connectivity index (χ0v) is 16.5. The fourth-order valence-electron chi connectivity index (χ4n) is 3.21. The largest absolute Gasteiger partial charge is 0.478 e. The molecule has 0 bridgehead atoms. The first-order valence-electron chi connectivity index (χ1n) is 9.04. The van der Waals surface area contributed by atoms with E-state index in [9.17, 15) is 27.1 Å². The van der Waals surface area contributed by atoms with Gasteiger partial charge in [0, 0.05) is 26.2 Å². The zero-order chi connectivity index (χ0) is 21.2. The van der Waals surface area contributed by atoms with Crippen LogP contribution < -0.4 is 9.62 Å². The number of likely N-dealkylation sites (N-methyl/N-ethyl adjacent to an activating group) is 1. The Morgan fingerprint density at radius 2 is 1.79 bits per heavy atom. The maximum Gasteiger partial charge on any atom is 0.335 e. The minimum atomic E-state index is -4.48. The number of nitrogens with one attached hydrogen (secondary N) is 1. The number of hydrogen-bond acceptors (Lipinski definition) is 5. The number of rotatable bonds is 6. The van der Waals surface area contributed by atoms with Crippen LogP contribution in [0.25, 0.3) is 0 Å². The fourth-order valence-corrected chi connectivity index (χ4v) is 4.37. The molecular formula is C19H21F2N3O4S. The lowest BCUT2D eigenvalue weighted by Crippen LogP contribution is -2.46. The lowest BCUT2D eigenvalue weighted by atomic mass is 10.1. The monoisotopic (exact) mass is 425 g/mol. The van der Waals surface area contributed by atoms with Crippen molar-refractivity contribution in [1.82, 2.24) is 4.90 Å². The minimum Gasteiger partial charge on any atom is -0.478 e. The highest BCUT2D eigenvalue weighted by atomic mass is 32.2. The number of sulfonamides is 1. The third kappa shape index (κ3) is 4.65. The van der Waals surface area contributed by atoms with Gasteiger partial charge in [-0.05, 0) is 42.9 Å². The van der Waals surface area contributed by atoms with Gasteiger partial charge in [0.25, 0.3) is 10.0 Å². The molecule has 1 aliphatic rings. The standard InChI is InChI=1S/C19H21F2N3O4S/c1-2-23-7-9-24(10-8-23)17-6-3-13(19(25)26)11-16(17)22-29(27,28)18-12-14(20)4-5-15(18)21/h3-6,11-12,22H,2,7-10H2,1H3,(H,25,26). The lowest BCUT2D eigenvalue weighted by Gasteiger charge is -2.36. The molecule has 1 heterocycles. The van der Waals surface area contributed by atoms with Gasteiger partial charge in [-0.15, -0.1) is 0 Å². The van der Waals surface area contributed by atoms with Crippen molar-refractivity contribution in [1.29, 1.82) is 0 Å². The summed E-state index contributed by atoms with van der Waals surface area (Å²) in [5.41, 5.74) is 0.350. The number of carboxylic acid groups (broad SMARTS) is 1. The van der Waals surface area contributed by atoms with E-state index < -0.39 is 32.5 Å². The molecule has 0 amide bonds. The number of hydrogen-bond donors (Lipinski definition) is 2. The van der Waals surface area contributed by atoms with E-state index in [0.717, 1.165) is 31.8 Å². The molecule has 2 aromatic carbocycles. The Bertz CT molecular complexity index is 1020. The molecule has 0 atom stereocenters. The van der Waals surface area contributed by atoms with E-state index in [2.05, 4.69) is 9.62 Å². The van der Waals surface area contributed by atoms with Gasteiger partial charge in [-0.2, -0.15) is 0 Å². The van der Waals surface area contributed by atoms with Crippen LogP contribution in [0, 0.1) is 11.6 Å². The van der Waals surface area contributed by atoms with Crippen LogP contribution in [0.5, 0.6) is 0 Å². The van der Waals surface area contributed by atoms with Crippen molar-refractivity contribution in [2.75, 3.05) is 42.3 Å². The van der Waals surface area contributed by atoms with E-state index >= 15 is 0 Å². The third-order valence-corrected chi connectivity index (χ3v) is 6.21. The Kier molecular flexibility index (Phi) is 6.04. The first kappa shape index (κ1) is 21.0. The van der Waals surface area contributed by atoms with Crippen molar-refractivity contribution in [3.8, 4) is 0 Å². The predicted molar refractivity (Wildman–Crippen MR) is 105 cm³/mol. The third-order valence-electron chi connectivity index (χ3n) is 4.83. The second-order valence-electron chi connectivity index (χ2n) is 6.64. The summed E-state index contributed by atoms with van der Waals surface area (Å²) in [6, 6.07) is 6.20. The molecule has 1 fully saturated rings. The van der Waals surface area contributed by atoms with Crippen LogP contribution in [-0.4, -0.2) is 57.1 Å². The summed E-state index contributed by atoms with van der Waals surface area (Å²) in [7, 11) is -4.48. The Hall–Kier alpha value is -2.72. The number of piperazine rings is 1. The molecule has 0 unspecified atom stereocenters. The van der Waals surface area contributed by atoms with E-state index in [4.69, 9.17) is 0 Å². The molecule has 1 aliphatic heterocycles. The number of carboxylic acids is 1. The van der Waals surface area contributed by atoms with Gasteiger partial charge in [0.1, 0.15) is 16.5 Å². The van der Waals surface area contributed by atoms with Crippen molar-refractivity contribution >= 4 is 27.4 Å². The summed E-state index contributed by atoms with van der Waals surface area (Å²) in [6.07, 6.45) is 0. The summed E-state index contributed by atoms with van der Waals surface area (Å²) < 4.78 is 55.1. The van der Waals surface area contributed by atoms with Gasteiger partial charge in [-0.25, -0.2) is 22.0 Å². The highest BCUT2D eigenvalue weighted by Gasteiger charge is 2.25. The fraction of sp³-hybridized carbons (Fsp3) is 0.316. The maximum absolute atomic E-state index is 14.0. The zero-order valence-electron chi connectivity index (χ0n) is 15.7. The molecule has 29 heavy (non-hydrogen) atoms. The molecule has 2 aromatic rings. The molecule has 10 heteroatoms. The van der Waals surface area contributed by atoms with E-state index in [1.54, 1.807) is 0 Å². The van der Waals surface area contributed by atoms with Gasteiger partial charge < -0.3 is 14.9 Å². The van der Waals surface area contributed by atoms with E-state index in [1.807, 2.05) is 11.8 Å². The number of halogens is 2. The van der Waals surface area contributed by atoms with Crippen LogP contribution in [0.2, 0.25) is 0 Å². The van der Waals surface area contributed by atoms with Crippen molar-refractivity contribution in [2.45, 2.75) is 11.8 Å². The summed E-state index contributed by atoms with van der Waals surface area (Å²) in [4.78, 5) is 14.7. The first-order chi connectivity index (χ1) is 13.7. The summed E-state index contributed by atoms with van der Waals surface area (Å²) in [5, 5.41) is 9.27. The highest BCUT2D eigenvalue weighted by Crippen LogP contribution is 2.31. The van der Waals surface area contributed by atoms with Crippen molar-refractivity contribution in [3.63, 3.8) is 0 Å². The summed E-state index contributed by atoms with van der Waals surface area (Å²) in [6.45, 7) is 5.70. The molecule has 0 saturated carbocycles. The number of aromatic carboxylic acids is 1. The highest BCUT2D eigenvalue weighted by molar-refractivity contribution is 7.92. The van der Waals surface area contributed by atoms with Crippen LogP contribution in [0.3, 0.4) is 0 Å². The summed E-state index contributed by atoms with van der Waals surface area (Å²) in [5.74, 6) is -3.24. The number of carbonyl (C=O) groups is 1. The number of nitrogens with zero attached hydrogens (tertiary/aromatic N) is 2. The Morgan fingerprint density at radius 3 is 2.41 bits per heavy atom. The van der Waals surface area contributed by atoms with E-state index in [1.165, 1.54) is 18.2 Å². The second-order valence-corrected chi connectivity index (χ2v) is 8.29. The average molecular weight is 425 g/mol. The molecule has 3 rings (SSSR count). The smallest absolute Gasteiger partial charge is 0.335 e. The van der Waals surface area contributed by atoms with Gasteiger partial charge in [0.05, 0.1) is 16.9 Å². The van der Waals surface area contributed by atoms with Crippen LogP contribution in [0.4, 0.5) is 20.2 Å². The molecule has 7 nitrogen and oxygen atoms in total.